The van der Waals surface area contributed by atoms with Crippen LogP contribution in [0.3, 0.4) is 0 Å². The van der Waals surface area contributed by atoms with Crippen molar-refractivity contribution in [3.8, 4) is 12.3 Å². The summed E-state index contributed by atoms with van der Waals surface area (Å²) in [6.07, 6.45) is 6.68. The normalized spacial score (nSPS) is 21.5. The first kappa shape index (κ1) is 5.21. The maximum absolute atomic E-state index is 9.77. The quantitative estimate of drug-likeness (QED) is 0.596. The molecule has 58 valence electrons. The Labute approximate surface area is 67.7 Å². The molecular formula is C9H16O. The average Bonchev–Trinajstić information content (AvgIpc) is 1.99. The molecule has 0 rings (SSSR count). The minimum atomic E-state index is -2.38. The van der Waals surface area contributed by atoms with E-state index in [-0.39, 0.29) is 12.8 Å². The number of hydrogen-bond donors (Lipinski definition) is 1. The standard InChI is InChI=1S/C9H16O/c1-4-6-8-9(3,10)7-5-2/h2,10H,4,6-8H2,1,3H3/i3D3. The molecule has 0 aliphatic carbocycles. The smallest absolute Gasteiger partial charge is 0.0728 e. The highest BCUT2D eigenvalue weighted by molar-refractivity contribution is 4.92. The molecule has 1 heteroatoms. The SMILES string of the molecule is [2H]C([2H])([2H])C(O)(CC#C)CCCC. The third-order valence-electron chi connectivity index (χ3n) is 1.34. The topological polar surface area (TPSA) is 20.2 Å². The Bertz CT molecular complexity index is 192. The van der Waals surface area contributed by atoms with Gasteiger partial charge in [0.1, 0.15) is 0 Å². The van der Waals surface area contributed by atoms with Gasteiger partial charge in [-0.25, -0.2) is 0 Å². The van der Waals surface area contributed by atoms with Crippen molar-refractivity contribution in [2.45, 2.75) is 45.1 Å². The predicted octanol–water partition coefficient (Wildman–Crippen LogP) is 1.95. The first-order valence-corrected chi connectivity index (χ1v) is 3.53. The molecule has 0 aromatic heterocycles. The third kappa shape index (κ3) is 4.40. The van der Waals surface area contributed by atoms with E-state index in [0.29, 0.717) is 6.42 Å². The lowest BCUT2D eigenvalue weighted by atomic mass is 9.96. The van der Waals surface area contributed by atoms with Crippen LogP contribution in [0.1, 0.15) is 43.6 Å². The lowest BCUT2D eigenvalue weighted by Gasteiger charge is -2.19. The van der Waals surface area contributed by atoms with Gasteiger partial charge in [0, 0.05) is 10.5 Å². The Balaban J connectivity index is 4.45. The summed E-state index contributed by atoms with van der Waals surface area (Å²) in [6.45, 7) is -0.440. The molecule has 0 aliphatic rings. The summed E-state index contributed by atoms with van der Waals surface area (Å²) < 4.78 is 21.5. The molecule has 0 aromatic rings. The molecular weight excluding hydrogens is 124 g/mol. The molecule has 0 saturated carbocycles. The molecule has 0 fully saturated rings. The van der Waals surface area contributed by atoms with Gasteiger partial charge in [0.25, 0.3) is 0 Å². The largest absolute Gasteiger partial charge is 0.389 e. The van der Waals surface area contributed by atoms with Crippen LogP contribution in [0.4, 0.5) is 0 Å². The van der Waals surface area contributed by atoms with E-state index in [2.05, 4.69) is 5.92 Å². The molecule has 1 atom stereocenters. The van der Waals surface area contributed by atoms with Crippen molar-refractivity contribution >= 4 is 0 Å². The molecule has 0 aliphatic heterocycles. The fourth-order valence-corrected chi connectivity index (χ4v) is 0.726. The fraction of sp³-hybridized carbons (Fsp3) is 0.778. The Morgan fingerprint density at radius 2 is 2.50 bits per heavy atom. The van der Waals surface area contributed by atoms with Crippen LogP contribution in [0.15, 0.2) is 0 Å². The number of aliphatic hydroxyl groups is 1. The second-order valence-corrected chi connectivity index (χ2v) is 2.52. The van der Waals surface area contributed by atoms with Crippen molar-refractivity contribution in [3.05, 3.63) is 0 Å². The van der Waals surface area contributed by atoms with Gasteiger partial charge < -0.3 is 5.11 Å². The third-order valence-corrected chi connectivity index (χ3v) is 1.34. The van der Waals surface area contributed by atoms with Crippen LogP contribution in [0.25, 0.3) is 0 Å². The molecule has 1 nitrogen and oxygen atoms in total. The van der Waals surface area contributed by atoms with Crippen molar-refractivity contribution in [2.75, 3.05) is 0 Å². The van der Waals surface area contributed by atoms with Crippen molar-refractivity contribution in [3.63, 3.8) is 0 Å². The predicted molar refractivity (Wildman–Crippen MR) is 43.6 cm³/mol. The van der Waals surface area contributed by atoms with Gasteiger partial charge in [0.15, 0.2) is 0 Å². The molecule has 1 unspecified atom stereocenters. The molecule has 1 N–H and O–H groups in total. The van der Waals surface area contributed by atoms with E-state index in [1.54, 1.807) is 0 Å². The number of rotatable bonds is 4. The molecule has 0 bridgehead atoms. The molecule has 0 saturated heterocycles. The zero-order valence-corrected chi connectivity index (χ0v) is 6.35. The van der Waals surface area contributed by atoms with Crippen LogP contribution >= 0.6 is 0 Å². The van der Waals surface area contributed by atoms with E-state index in [4.69, 9.17) is 10.5 Å². The lowest BCUT2D eigenvalue weighted by molar-refractivity contribution is 0.0540. The highest BCUT2D eigenvalue weighted by Crippen LogP contribution is 2.16. The lowest BCUT2D eigenvalue weighted by Crippen LogP contribution is -2.22. The van der Waals surface area contributed by atoms with Gasteiger partial charge in [-0.1, -0.05) is 19.8 Å². The van der Waals surface area contributed by atoms with Gasteiger partial charge >= 0.3 is 0 Å². The monoisotopic (exact) mass is 143 g/mol. The van der Waals surface area contributed by atoms with Gasteiger partial charge in [0.05, 0.1) is 5.60 Å². The molecule has 0 heterocycles. The Kier molecular flexibility index (Phi) is 2.27. The first-order chi connectivity index (χ1) is 5.87. The van der Waals surface area contributed by atoms with Crippen molar-refractivity contribution in [1.82, 2.24) is 0 Å². The van der Waals surface area contributed by atoms with Crippen LogP contribution in [0.5, 0.6) is 0 Å². The summed E-state index contributed by atoms with van der Waals surface area (Å²) in [5.41, 5.74) is -1.70. The average molecular weight is 143 g/mol. The van der Waals surface area contributed by atoms with Gasteiger partial charge in [-0.2, -0.15) is 0 Å². The highest BCUT2D eigenvalue weighted by atomic mass is 16.3. The molecule has 0 aromatic carbocycles. The number of hydrogen-bond acceptors (Lipinski definition) is 1. The number of unbranched alkanes of at least 4 members (excludes halogenated alkanes) is 1. The van der Waals surface area contributed by atoms with Gasteiger partial charge in [-0.05, 0) is 13.3 Å². The molecule has 0 radical (unpaired) electrons. The summed E-state index contributed by atoms with van der Waals surface area (Å²) in [5.74, 6) is 2.21. The van der Waals surface area contributed by atoms with Gasteiger partial charge in [-0.15, -0.1) is 12.3 Å². The summed E-state index contributed by atoms with van der Waals surface area (Å²) >= 11 is 0. The van der Waals surface area contributed by atoms with E-state index < -0.39 is 12.5 Å². The van der Waals surface area contributed by atoms with Gasteiger partial charge in [-0.3, -0.25) is 0 Å². The van der Waals surface area contributed by atoms with E-state index >= 15 is 0 Å². The number of terminal acetylenes is 1. The minimum absolute atomic E-state index is 0.108. The maximum Gasteiger partial charge on any atom is 0.0728 e. The zero-order chi connectivity index (χ0) is 10.5. The van der Waals surface area contributed by atoms with E-state index in [0.717, 1.165) is 6.42 Å². The Hall–Kier alpha value is -0.480. The summed E-state index contributed by atoms with van der Waals surface area (Å²) in [6, 6.07) is 0. The Morgan fingerprint density at radius 1 is 1.80 bits per heavy atom. The maximum atomic E-state index is 9.77. The van der Waals surface area contributed by atoms with Crippen LogP contribution in [-0.4, -0.2) is 10.7 Å². The van der Waals surface area contributed by atoms with Gasteiger partial charge in [0.2, 0.25) is 0 Å². The first-order valence-electron chi connectivity index (χ1n) is 5.03. The van der Waals surface area contributed by atoms with E-state index in [9.17, 15) is 5.11 Å². The van der Waals surface area contributed by atoms with Crippen molar-refractivity contribution in [1.29, 1.82) is 0 Å². The van der Waals surface area contributed by atoms with Crippen LogP contribution in [0.2, 0.25) is 0 Å². The summed E-state index contributed by atoms with van der Waals surface area (Å²) in [4.78, 5) is 0. The van der Waals surface area contributed by atoms with Crippen molar-refractivity contribution in [2.24, 2.45) is 0 Å². The summed E-state index contributed by atoms with van der Waals surface area (Å²) in [5, 5.41) is 9.77. The van der Waals surface area contributed by atoms with E-state index in [1.807, 2.05) is 6.92 Å². The second kappa shape index (κ2) is 4.35. The van der Waals surface area contributed by atoms with Crippen molar-refractivity contribution < 1.29 is 9.22 Å². The molecule has 0 amide bonds. The Morgan fingerprint density at radius 3 is 2.90 bits per heavy atom. The van der Waals surface area contributed by atoms with Crippen LogP contribution < -0.4 is 0 Å². The summed E-state index contributed by atoms with van der Waals surface area (Å²) in [7, 11) is 0. The van der Waals surface area contributed by atoms with Crippen LogP contribution in [-0.2, 0) is 0 Å². The molecule has 10 heavy (non-hydrogen) atoms. The molecule has 0 spiro atoms. The zero-order valence-electron chi connectivity index (χ0n) is 9.35. The van der Waals surface area contributed by atoms with Crippen LogP contribution in [0, 0.1) is 12.3 Å². The second-order valence-electron chi connectivity index (χ2n) is 2.52. The van der Waals surface area contributed by atoms with E-state index in [1.165, 1.54) is 0 Å². The fourth-order valence-electron chi connectivity index (χ4n) is 0.726. The highest BCUT2D eigenvalue weighted by Gasteiger charge is 2.16. The minimum Gasteiger partial charge on any atom is -0.389 e.